The molecule has 0 radical (unpaired) electrons. The highest BCUT2D eigenvalue weighted by Gasteiger charge is 2.32. The first-order valence-electron chi connectivity index (χ1n) is 10.4. The van der Waals surface area contributed by atoms with E-state index in [0.717, 1.165) is 27.6 Å². The van der Waals surface area contributed by atoms with Crippen LogP contribution in [-0.4, -0.2) is 62.9 Å². The van der Waals surface area contributed by atoms with Crippen molar-refractivity contribution < 1.29 is 9.59 Å². The van der Waals surface area contributed by atoms with E-state index in [1.165, 1.54) is 4.90 Å². The predicted molar refractivity (Wildman–Crippen MR) is 128 cm³/mol. The van der Waals surface area contributed by atoms with Gasteiger partial charge in [-0.25, -0.2) is 0 Å². The summed E-state index contributed by atoms with van der Waals surface area (Å²) >= 11 is 0. The van der Waals surface area contributed by atoms with Gasteiger partial charge in [-0.05, 0) is 60.9 Å². The SMILES string of the molecule is CN(C)CCN1C(=O)c2cccc3cc(/C=C/c4ccc(N(C)C)cc4)cc(c23)C1=O. The molecular formula is C26H27N3O2. The van der Waals surface area contributed by atoms with Crippen molar-refractivity contribution in [1.29, 1.82) is 0 Å². The first-order valence-corrected chi connectivity index (χ1v) is 10.4. The molecule has 0 saturated heterocycles. The molecule has 158 valence electrons. The molecule has 0 aromatic heterocycles. The van der Waals surface area contributed by atoms with E-state index in [1.807, 2.05) is 75.6 Å². The number of likely N-dealkylation sites (N-methyl/N-ethyl adjacent to an activating group) is 1. The average Bonchev–Trinajstić information content (AvgIpc) is 2.75. The lowest BCUT2D eigenvalue weighted by Gasteiger charge is -2.28. The third-order valence-electron chi connectivity index (χ3n) is 5.60. The zero-order valence-electron chi connectivity index (χ0n) is 18.4. The minimum Gasteiger partial charge on any atom is -0.378 e. The van der Waals surface area contributed by atoms with Gasteiger partial charge >= 0.3 is 0 Å². The molecule has 4 rings (SSSR count). The topological polar surface area (TPSA) is 43.9 Å². The zero-order valence-corrected chi connectivity index (χ0v) is 18.4. The molecule has 5 nitrogen and oxygen atoms in total. The molecule has 0 saturated carbocycles. The van der Waals surface area contributed by atoms with Crippen LogP contribution in [0.1, 0.15) is 31.8 Å². The van der Waals surface area contributed by atoms with Crippen molar-refractivity contribution in [1.82, 2.24) is 9.80 Å². The fraction of sp³-hybridized carbons (Fsp3) is 0.231. The van der Waals surface area contributed by atoms with Gasteiger partial charge in [0.15, 0.2) is 0 Å². The normalized spacial score (nSPS) is 13.6. The molecule has 5 heteroatoms. The second-order valence-electron chi connectivity index (χ2n) is 8.36. The number of hydrogen-bond donors (Lipinski definition) is 0. The fourth-order valence-corrected chi connectivity index (χ4v) is 3.86. The quantitative estimate of drug-likeness (QED) is 0.448. The Morgan fingerprint density at radius 1 is 0.806 bits per heavy atom. The number of carbonyl (C=O) groups is 2. The number of hydrogen-bond acceptors (Lipinski definition) is 4. The van der Waals surface area contributed by atoms with Crippen LogP contribution in [0.3, 0.4) is 0 Å². The van der Waals surface area contributed by atoms with Crippen molar-refractivity contribution >= 4 is 40.4 Å². The van der Waals surface area contributed by atoms with Gasteiger partial charge in [-0.3, -0.25) is 14.5 Å². The lowest BCUT2D eigenvalue weighted by molar-refractivity contribution is 0.0601. The first kappa shape index (κ1) is 20.8. The summed E-state index contributed by atoms with van der Waals surface area (Å²) in [5.74, 6) is -0.435. The predicted octanol–water partition coefficient (Wildman–Crippen LogP) is 4.23. The van der Waals surface area contributed by atoms with Crippen LogP contribution in [0.15, 0.2) is 54.6 Å². The van der Waals surface area contributed by atoms with E-state index >= 15 is 0 Å². The van der Waals surface area contributed by atoms with E-state index in [9.17, 15) is 9.59 Å². The van der Waals surface area contributed by atoms with Crippen molar-refractivity contribution in [2.45, 2.75) is 0 Å². The summed E-state index contributed by atoms with van der Waals surface area (Å²) in [5.41, 5.74) is 4.36. The number of carbonyl (C=O) groups excluding carboxylic acids is 2. The maximum absolute atomic E-state index is 13.2. The van der Waals surface area contributed by atoms with Crippen molar-refractivity contribution in [3.63, 3.8) is 0 Å². The summed E-state index contributed by atoms with van der Waals surface area (Å²) in [7, 11) is 7.90. The Bertz CT molecular complexity index is 1180. The Morgan fingerprint density at radius 2 is 1.48 bits per heavy atom. The highest BCUT2D eigenvalue weighted by atomic mass is 16.2. The number of benzene rings is 3. The number of imide groups is 1. The van der Waals surface area contributed by atoms with Gasteiger partial charge < -0.3 is 9.80 Å². The Morgan fingerprint density at radius 3 is 2.16 bits per heavy atom. The second-order valence-corrected chi connectivity index (χ2v) is 8.36. The van der Waals surface area contributed by atoms with Crippen LogP contribution in [0.4, 0.5) is 5.69 Å². The molecule has 0 spiro atoms. The first-order chi connectivity index (χ1) is 14.8. The van der Waals surface area contributed by atoms with Crippen molar-refractivity contribution in [3.05, 3.63) is 76.9 Å². The highest BCUT2D eigenvalue weighted by molar-refractivity contribution is 6.25. The zero-order chi connectivity index (χ0) is 22.1. The van der Waals surface area contributed by atoms with Crippen LogP contribution in [0.2, 0.25) is 0 Å². The number of amides is 2. The molecule has 31 heavy (non-hydrogen) atoms. The molecule has 3 aromatic carbocycles. The summed E-state index contributed by atoms with van der Waals surface area (Å²) in [6, 6.07) is 17.9. The van der Waals surface area contributed by atoms with Gasteiger partial charge in [0, 0.05) is 49.4 Å². The van der Waals surface area contributed by atoms with Crippen LogP contribution >= 0.6 is 0 Å². The van der Waals surface area contributed by atoms with Gasteiger partial charge in [-0.2, -0.15) is 0 Å². The molecule has 0 bridgehead atoms. The molecule has 0 atom stereocenters. The average molecular weight is 414 g/mol. The third kappa shape index (κ3) is 4.09. The molecule has 0 aliphatic carbocycles. The number of rotatable bonds is 6. The molecule has 3 aromatic rings. The fourth-order valence-electron chi connectivity index (χ4n) is 3.86. The van der Waals surface area contributed by atoms with E-state index < -0.39 is 0 Å². The summed E-state index contributed by atoms with van der Waals surface area (Å²) in [4.78, 5) is 31.6. The summed E-state index contributed by atoms with van der Waals surface area (Å²) in [5, 5.41) is 1.66. The monoisotopic (exact) mass is 413 g/mol. The van der Waals surface area contributed by atoms with E-state index in [2.05, 4.69) is 29.2 Å². The molecule has 0 fully saturated rings. The number of nitrogens with zero attached hydrogens (tertiary/aromatic N) is 3. The largest absolute Gasteiger partial charge is 0.378 e. The summed E-state index contributed by atoms with van der Waals surface area (Å²) in [6.07, 6.45) is 4.06. The van der Waals surface area contributed by atoms with Gasteiger partial charge in [0.1, 0.15) is 0 Å². The maximum atomic E-state index is 13.2. The van der Waals surface area contributed by atoms with E-state index in [-0.39, 0.29) is 11.8 Å². The highest BCUT2D eigenvalue weighted by Crippen LogP contribution is 2.32. The number of anilines is 1. The third-order valence-corrected chi connectivity index (χ3v) is 5.60. The maximum Gasteiger partial charge on any atom is 0.261 e. The minimum atomic E-state index is -0.221. The standard InChI is InChI=1S/C26H27N3O2/c1-27(2)14-15-29-25(30)22-7-5-6-20-16-19(17-23(24(20)22)26(29)31)9-8-18-10-12-21(13-11-18)28(3)4/h5-13,16-17H,14-15H2,1-4H3/b9-8+. The van der Waals surface area contributed by atoms with Crippen LogP contribution in [0, 0.1) is 0 Å². The Labute approximate surface area is 183 Å². The lowest BCUT2D eigenvalue weighted by atomic mass is 9.92. The molecule has 0 N–H and O–H groups in total. The molecule has 2 amide bonds. The lowest BCUT2D eigenvalue weighted by Crippen LogP contribution is -2.43. The Balaban J connectivity index is 1.71. The van der Waals surface area contributed by atoms with Crippen molar-refractivity contribution in [2.24, 2.45) is 0 Å². The van der Waals surface area contributed by atoms with Crippen molar-refractivity contribution in [2.75, 3.05) is 46.2 Å². The second kappa shape index (κ2) is 8.36. The van der Waals surface area contributed by atoms with E-state index in [1.54, 1.807) is 0 Å². The molecule has 1 heterocycles. The smallest absolute Gasteiger partial charge is 0.261 e. The molecule has 1 aliphatic rings. The molecule has 0 unspecified atom stereocenters. The minimum absolute atomic E-state index is 0.214. The van der Waals surface area contributed by atoms with Gasteiger partial charge in [0.2, 0.25) is 0 Å². The van der Waals surface area contributed by atoms with Crippen LogP contribution in [0.5, 0.6) is 0 Å². The molecular weight excluding hydrogens is 386 g/mol. The van der Waals surface area contributed by atoms with Crippen LogP contribution in [-0.2, 0) is 0 Å². The molecule has 1 aliphatic heterocycles. The summed E-state index contributed by atoms with van der Waals surface area (Å²) in [6.45, 7) is 1.00. The van der Waals surface area contributed by atoms with Crippen LogP contribution in [0.25, 0.3) is 22.9 Å². The van der Waals surface area contributed by atoms with Crippen LogP contribution < -0.4 is 4.90 Å². The van der Waals surface area contributed by atoms with Gasteiger partial charge in [-0.15, -0.1) is 0 Å². The van der Waals surface area contributed by atoms with E-state index in [0.29, 0.717) is 24.2 Å². The Hall–Kier alpha value is -3.44. The van der Waals surface area contributed by atoms with Gasteiger partial charge in [0.05, 0.1) is 0 Å². The van der Waals surface area contributed by atoms with E-state index in [4.69, 9.17) is 0 Å². The summed E-state index contributed by atoms with van der Waals surface area (Å²) < 4.78 is 0. The Kier molecular flexibility index (Phi) is 5.61. The van der Waals surface area contributed by atoms with Crippen molar-refractivity contribution in [3.8, 4) is 0 Å². The van der Waals surface area contributed by atoms with Gasteiger partial charge in [0.25, 0.3) is 11.8 Å². The van der Waals surface area contributed by atoms with Gasteiger partial charge in [-0.1, -0.05) is 36.4 Å².